The maximum absolute atomic E-state index is 13.2. The van der Waals surface area contributed by atoms with E-state index in [1.807, 2.05) is 163 Å². The standard InChI is InChI=1S/C23H26BrNO3.C23H28BrNO3.C23H26BrNO2/c1-17(18-9-11-20(24)12-10-18)25-14-6-13-23(28-21(25)26,15-22(2)16-27-22)19-7-4-3-5-8-19;1-17(18-10-12-20(24)13-11-18)25-15-7-14-23(28-21(25)26,16-22(2,3)27)19-8-5-4-6-9-19;1-17(2)16-23(20-8-5-4-6-9-20)14-7-15-25(22(26)27-23)18(3)19-10-12-21(24)13-11-19/h3-5,7-12,17H,6,13-16H2,1-2H3;4-6,8-13,17,27H,7,14-16H2,1-3H3;4-6,8-13,18H,1,7,14-16H2,2-3H3/t17-,22?,23-;17-,23-;18-,23-/m000/s1. The van der Waals surface area contributed by atoms with Crippen molar-refractivity contribution in [3.05, 3.63) is 223 Å². The van der Waals surface area contributed by atoms with Crippen molar-refractivity contribution in [1.29, 1.82) is 0 Å². The molecule has 4 aliphatic rings. The Bertz CT molecular complexity index is 2980. The van der Waals surface area contributed by atoms with Gasteiger partial charge in [0.25, 0.3) is 0 Å². The van der Waals surface area contributed by atoms with Crippen molar-refractivity contribution in [1.82, 2.24) is 14.7 Å². The zero-order valence-corrected chi connectivity index (χ0v) is 53.8. The van der Waals surface area contributed by atoms with E-state index in [9.17, 15) is 19.5 Å². The second-order valence-electron chi connectivity index (χ2n) is 23.8. The van der Waals surface area contributed by atoms with Crippen molar-refractivity contribution in [2.45, 2.75) is 152 Å². The SMILES string of the molecule is C=C(C)C[C@]1(c2ccccc2)CCCN([C@@H](C)c2ccc(Br)cc2)C(=O)O1.C[C@@H](c1ccc(Br)cc1)N1CCC[C@](CC(C)(C)O)(c2ccccc2)OC1=O.C[C@@H](c1ccc(Br)cc1)N1CCC[C@](CC2(C)CO2)(c2ccccc2)OC1=O. The van der Waals surface area contributed by atoms with Gasteiger partial charge in [0, 0.05) is 52.3 Å². The van der Waals surface area contributed by atoms with Crippen molar-refractivity contribution in [2.75, 3.05) is 26.2 Å². The fourth-order valence-electron chi connectivity index (χ4n) is 12.1. The molecule has 3 amide bonds. The van der Waals surface area contributed by atoms with E-state index in [1.54, 1.807) is 18.7 Å². The summed E-state index contributed by atoms with van der Waals surface area (Å²) in [6.07, 6.45) is 5.69. The van der Waals surface area contributed by atoms with Crippen LogP contribution in [0.3, 0.4) is 0 Å². The van der Waals surface area contributed by atoms with Gasteiger partial charge in [0.1, 0.15) is 16.8 Å². The van der Waals surface area contributed by atoms with Gasteiger partial charge in [0.2, 0.25) is 0 Å². The van der Waals surface area contributed by atoms with E-state index in [0.717, 1.165) is 91.1 Å². The lowest BCUT2D eigenvalue weighted by molar-refractivity contribution is -0.0663. The van der Waals surface area contributed by atoms with Gasteiger partial charge in [0.15, 0.2) is 0 Å². The first-order valence-electron chi connectivity index (χ1n) is 28.9. The van der Waals surface area contributed by atoms with E-state index in [0.29, 0.717) is 45.3 Å². The van der Waals surface area contributed by atoms with E-state index in [4.69, 9.17) is 18.9 Å². The van der Waals surface area contributed by atoms with Crippen LogP contribution in [0.15, 0.2) is 189 Å². The zero-order valence-electron chi connectivity index (χ0n) is 49.0. The third-order valence-corrected chi connectivity index (χ3v) is 18.0. The molecular formula is C69H80Br3N3O8. The average Bonchev–Trinajstić information content (AvgIpc) is 3.54. The average molecular weight is 1320 g/mol. The van der Waals surface area contributed by atoms with Gasteiger partial charge < -0.3 is 38.8 Å². The highest BCUT2D eigenvalue weighted by molar-refractivity contribution is 9.11. The third-order valence-electron chi connectivity index (χ3n) is 16.5. The van der Waals surface area contributed by atoms with E-state index in [1.165, 1.54) is 0 Å². The number of halogens is 3. The first-order valence-corrected chi connectivity index (χ1v) is 31.3. The van der Waals surface area contributed by atoms with Crippen molar-refractivity contribution in [3.63, 3.8) is 0 Å². The van der Waals surface area contributed by atoms with Crippen LogP contribution in [-0.2, 0) is 35.8 Å². The molecule has 0 aromatic heterocycles. The number of epoxide rings is 1. The van der Waals surface area contributed by atoms with Crippen LogP contribution >= 0.6 is 47.8 Å². The van der Waals surface area contributed by atoms with Crippen LogP contribution in [0.1, 0.15) is 158 Å². The minimum atomic E-state index is -0.956. The van der Waals surface area contributed by atoms with Crippen LogP contribution in [0.2, 0.25) is 0 Å². The maximum atomic E-state index is 13.2. The summed E-state index contributed by atoms with van der Waals surface area (Å²) in [6.45, 7) is 20.5. The van der Waals surface area contributed by atoms with Gasteiger partial charge in [-0.1, -0.05) is 187 Å². The third kappa shape index (κ3) is 16.4. The van der Waals surface area contributed by atoms with Gasteiger partial charge in [-0.3, -0.25) is 0 Å². The van der Waals surface area contributed by atoms with Crippen LogP contribution in [-0.4, -0.2) is 75.5 Å². The number of benzene rings is 6. The summed E-state index contributed by atoms with van der Waals surface area (Å²) < 4.78 is 27.4. The van der Waals surface area contributed by atoms with E-state index in [-0.39, 0.29) is 42.0 Å². The molecular weight excluding hydrogens is 1240 g/mol. The second kappa shape index (κ2) is 27.5. The van der Waals surface area contributed by atoms with Gasteiger partial charge >= 0.3 is 18.3 Å². The minimum Gasteiger partial charge on any atom is -0.438 e. The first-order chi connectivity index (χ1) is 39.5. The Morgan fingerprint density at radius 2 is 0.831 bits per heavy atom. The Hall–Kier alpha value is -5.77. The molecule has 0 aliphatic carbocycles. The molecule has 10 rings (SSSR count). The van der Waals surface area contributed by atoms with Crippen LogP contribution in [0.5, 0.6) is 0 Å². The summed E-state index contributed by atoms with van der Waals surface area (Å²) in [7, 11) is 0. The number of rotatable bonds is 15. The molecule has 6 aromatic rings. The molecule has 4 fully saturated rings. The molecule has 83 heavy (non-hydrogen) atoms. The smallest absolute Gasteiger partial charge is 0.411 e. The van der Waals surface area contributed by atoms with Gasteiger partial charge in [-0.15, -0.1) is 0 Å². The molecule has 1 unspecified atom stereocenters. The van der Waals surface area contributed by atoms with Crippen molar-refractivity contribution >= 4 is 66.1 Å². The van der Waals surface area contributed by atoms with Crippen LogP contribution < -0.4 is 0 Å². The summed E-state index contributed by atoms with van der Waals surface area (Å²) in [5.74, 6) is 0. The number of carbonyl (C=O) groups is 3. The summed E-state index contributed by atoms with van der Waals surface area (Å²) in [4.78, 5) is 45.0. The zero-order chi connectivity index (χ0) is 59.6. The molecule has 11 nitrogen and oxygen atoms in total. The number of ether oxygens (including phenoxy) is 4. The van der Waals surface area contributed by atoms with Gasteiger partial charge in [-0.05, 0) is 157 Å². The van der Waals surface area contributed by atoms with Crippen molar-refractivity contribution in [3.8, 4) is 0 Å². The first kappa shape index (κ1) is 63.3. The van der Waals surface area contributed by atoms with E-state index in [2.05, 4.69) is 99.4 Å². The molecule has 0 bridgehead atoms. The summed E-state index contributed by atoms with van der Waals surface area (Å²) in [5, 5.41) is 10.5. The molecule has 0 spiro atoms. The quantitative estimate of drug-likeness (QED) is 0.0613. The highest BCUT2D eigenvalue weighted by Crippen LogP contribution is 2.47. The predicted octanol–water partition coefficient (Wildman–Crippen LogP) is 18.2. The van der Waals surface area contributed by atoms with E-state index >= 15 is 0 Å². The minimum absolute atomic E-state index is 0.0398. The molecule has 0 radical (unpaired) electrons. The number of cyclic esters (lactones) is 3. The lowest BCUT2D eigenvalue weighted by atomic mass is 9.80. The lowest BCUT2D eigenvalue weighted by Crippen LogP contribution is -2.41. The number of hydrogen-bond donors (Lipinski definition) is 1. The number of hydrogen-bond acceptors (Lipinski definition) is 8. The number of carbonyl (C=O) groups excluding carboxylic acids is 3. The van der Waals surface area contributed by atoms with Gasteiger partial charge in [-0.2, -0.15) is 0 Å². The molecule has 4 heterocycles. The van der Waals surface area contributed by atoms with Gasteiger partial charge in [-0.25, -0.2) is 14.4 Å². The molecule has 6 aromatic carbocycles. The largest absolute Gasteiger partial charge is 0.438 e. The Labute approximate surface area is 517 Å². The van der Waals surface area contributed by atoms with Crippen LogP contribution in [0, 0.1) is 0 Å². The molecule has 1 N–H and O–H groups in total. The highest BCUT2D eigenvalue weighted by atomic mass is 79.9. The fourth-order valence-corrected chi connectivity index (χ4v) is 12.9. The molecule has 7 atom stereocenters. The highest BCUT2D eigenvalue weighted by Gasteiger charge is 2.52. The normalized spacial score (nSPS) is 23.8. The van der Waals surface area contributed by atoms with Crippen molar-refractivity contribution < 1.29 is 38.4 Å². The number of nitrogens with zero attached hydrogens (tertiary/aromatic N) is 3. The van der Waals surface area contributed by atoms with E-state index < -0.39 is 22.4 Å². The molecule has 440 valence electrons. The van der Waals surface area contributed by atoms with Crippen LogP contribution in [0.4, 0.5) is 14.4 Å². The molecule has 4 saturated heterocycles. The van der Waals surface area contributed by atoms with Gasteiger partial charge in [0.05, 0.1) is 35.9 Å². The number of aliphatic hydroxyl groups is 1. The fraction of sp³-hybridized carbons (Fsp3) is 0.406. The topological polar surface area (TPSA) is 121 Å². The Morgan fingerprint density at radius 1 is 0.530 bits per heavy atom. The lowest BCUT2D eigenvalue weighted by Gasteiger charge is -2.37. The summed E-state index contributed by atoms with van der Waals surface area (Å²) in [6, 6.07) is 54.1. The van der Waals surface area contributed by atoms with Crippen molar-refractivity contribution in [2.24, 2.45) is 0 Å². The summed E-state index contributed by atoms with van der Waals surface area (Å²) in [5.41, 5.74) is 4.04. The molecule has 0 saturated carbocycles. The maximum Gasteiger partial charge on any atom is 0.411 e. The number of amides is 3. The Balaban J connectivity index is 0.000000163. The second-order valence-corrected chi connectivity index (χ2v) is 26.5. The molecule has 4 aliphatic heterocycles. The molecule has 14 heteroatoms. The van der Waals surface area contributed by atoms with Crippen LogP contribution in [0.25, 0.3) is 0 Å². The summed E-state index contributed by atoms with van der Waals surface area (Å²) >= 11 is 10.4. The predicted molar refractivity (Wildman–Crippen MR) is 339 cm³/mol. The Morgan fingerprint density at radius 3 is 1.17 bits per heavy atom. The monoisotopic (exact) mass is 1320 g/mol. The Kier molecular flexibility index (Phi) is 21.0.